The van der Waals surface area contributed by atoms with E-state index in [4.69, 9.17) is 4.74 Å². The van der Waals surface area contributed by atoms with Crippen molar-refractivity contribution in [2.45, 2.75) is 45.3 Å². The van der Waals surface area contributed by atoms with Crippen molar-refractivity contribution in [1.29, 1.82) is 0 Å². The predicted molar refractivity (Wildman–Crippen MR) is 98.9 cm³/mol. The summed E-state index contributed by atoms with van der Waals surface area (Å²) < 4.78 is 5.53. The van der Waals surface area contributed by atoms with Gasteiger partial charge >= 0.3 is 6.09 Å². The Morgan fingerprint density at radius 2 is 1.96 bits per heavy atom. The van der Waals surface area contributed by atoms with E-state index in [1.54, 1.807) is 0 Å². The lowest BCUT2D eigenvalue weighted by molar-refractivity contribution is 0.0224. The lowest BCUT2D eigenvalue weighted by atomic mass is 10.1. The van der Waals surface area contributed by atoms with Gasteiger partial charge in [0.1, 0.15) is 11.4 Å². The Morgan fingerprint density at radius 1 is 1.20 bits per heavy atom. The maximum atomic E-state index is 12.4. The molecule has 0 unspecified atom stereocenters. The molecule has 1 N–H and O–H groups in total. The molecule has 132 valence electrons. The number of likely N-dealkylation sites (tertiary alicyclic amines) is 1. The van der Waals surface area contributed by atoms with E-state index in [2.05, 4.69) is 10.3 Å². The van der Waals surface area contributed by atoms with E-state index in [-0.39, 0.29) is 12.1 Å². The summed E-state index contributed by atoms with van der Waals surface area (Å²) in [6, 6.07) is 14.0. The molecule has 0 radical (unpaired) electrons. The van der Waals surface area contributed by atoms with Crippen LogP contribution >= 0.6 is 0 Å². The molecule has 1 aliphatic heterocycles. The molecule has 1 aliphatic rings. The first-order valence-corrected chi connectivity index (χ1v) is 8.70. The van der Waals surface area contributed by atoms with Gasteiger partial charge in [-0.25, -0.2) is 9.78 Å². The van der Waals surface area contributed by atoms with Crippen molar-refractivity contribution in [3.05, 3.63) is 54.2 Å². The summed E-state index contributed by atoms with van der Waals surface area (Å²) in [6.07, 6.45) is 3.51. The fraction of sp³-hybridized carbons (Fsp3) is 0.400. The number of ether oxygens (including phenoxy) is 1. The van der Waals surface area contributed by atoms with Gasteiger partial charge in [-0.2, -0.15) is 0 Å². The molecular weight excluding hydrogens is 314 g/mol. The number of amides is 1. The number of para-hydroxylation sites is 1. The molecule has 1 aromatic heterocycles. The number of aromatic nitrogens is 1. The topological polar surface area (TPSA) is 54.5 Å². The van der Waals surface area contributed by atoms with Crippen LogP contribution in [-0.4, -0.2) is 28.1 Å². The molecule has 2 aromatic rings. The van der Waals surface area contributed by atoms with Crippen LogP contribution in [0.1, 0.15) is 45.2 Å². The van der Waals surface area contributed by atoms with Gasteiger partial charge in [-0.1, -0.05) is 24.3 Å². The van der Waals surface area contributed by atoms with Crippen LogP contribution in [0, 0.1) is 0 Å². The van der Waals surface area contributed by atoms with Crippen LogP contribution < -0.4 is 5.32 Å². The number of hydrogen-bond acceptors (Lipinski definition) is 4. The van der Waals surface area contributed by atoms with Gasteiger partial charge in [0.25, 0.3) is 0 Å². The summed E-state index contributed by atoms with van der Waals surface area (Å²) in [4.78, 5) is 18.7. The van der Waals surface area contributed by atoms with E-state index in [0.29, 0.717) is 0 Å². The van der Waals surface area contributed by atoms with E-state index in [0.717, 1.165) is 36.5 Å². The monoisotopic (exact) mass is 339 g/mol. The Balaban J connectivity index is 1.69. The smallest absolute Gasteiger partial charge is 0.410 e. The second kappa shape index (κ2) is 7.13. The average molecular weight is 339 g/mol. The van der Waals surface area contributed by atoms with Crippen LogP contribution in [0.25, 0.3) is 0 Å². The first kappa shape index (κ1) is 17.3. The van der Waals surface area contributed by atoms with Crippen molar-refractivity contribution < 1.29 is 9.53 Å². The van der Waals surface area contributed by atoms with Crippen LogP contribution in [0.15, 0.2) is 48.7 Å². The van der Waals surface area contributed by atoms with Crippen molar-refractivity contribution in [3.63, 3.8) is 0 Å². The molecule has 1 atom stereocenters. The molecule has 0 aliphatic carbocycles. The van der Waals surface area contributed by atoms with Crippen molar-refractivity contribution >= 4 is 17.6 Å². The van der Waals surface area contributed by atoms with Gasteiger partial charge < -0.3 is 15.0 Å². The van der Waals surface area contributed by atoms with Crippen molar-refractivity contribution in [3.8, 4) is 0 Å². The second-order valence-electron chi connectivity index (χ2n) is 7.30. The van der Waals surface area contributed by atoms with E-state index in [1.807, 2.05) is 74.3 Å². The van der Waals surface area contributed by atoms with E-state index >= 15 is 0 Å². The Morgan fingerprint density at radius 3 is 2.60 bits per heavy atom. The Bertz CT molecular complexity index is 708. The number of hydrogen-bond donors (Lipinski definition) is 1. The molecule has 1 amide bonds. The molecule has 3 rings (SSSR count). The number of pyridine rings is 1. The first-order valence-electron chi connectivity index (χ1n) is 8.70. The van der Waals surface area contributed by atoms with Gasteiger partial charge in [0.2, 0.25) is 0 Å². The quantitative estimate of drug-likeness (QED) is 0.864. The van der Waals surface area contributed by atoms with E-state index < -0.39 is 5.60 Å². The van der Waals surface area contributed by atoms with Crippen LogP contribution in [-0.2, 0) is 4.74 Å². The van der Waals surface area contributed by atoms with Crippen molar-refractivity contribution in [1.82, 2.24) is 9.88 Å². The normalized spacial score (nSPS) is 17.4. The molecule has 1 fully saturated rings. The van der Waals surface area contributed by atoms with Gasteiger partial charge in [0, 0.05) is 18.4 Å². The highest BCUT2D eigenvalue weighted by Gasteiger charge is 2.33. The summed E-state index contributed by atoms with van der Waals surface area (Å²) in [5.41, 5.74) is 1.56. The third-order valence-corrected chi connectivity index (χ3v) is 4.10. The summed E-state index contributed by atoms with van der Waals surface area (Å²) in [5.74, 6) is 0.789. The highest BCUT2D eigenvalue weighted by molar-refractivity contribution is 5.69. The number of nitrogens with one attached hydrogen (secondary N) is 1. The zero-order valence-corrected chi connectivity index (χ0v) is 15.0. The molecule has 5 nitrogen and oxygen atoms in total. The molecule has 2 heterocycles. The molecule has 0 bridgehead atoms. The van der Waals surface area contributed by atoms with E-state index in [1.165, 1.54) is 0 Å². The number of benzene rings is 1. The second-order valence-corrected chi connectivity index (χ2v) is 7.30. The van der Waals surface area contributed by atoms with Gasteiger partial charge in [-0.05, 0) is 57.4 Å². The molecule has 25 heavy (non-hydrogen) atoms. The maximum Gasteiger partial charge on any atom is 0.410 e. The summed E-state index contributed by atoms with van der Waals surface area (Å²) in [6.45, 7) is 6.40. The fourth-order valence-electron chi connectivity index (χ4n) is 3.00. The third-order valence-electron chi connectivity index (χ3n) is 4.10. The van der Waals surface area contributed by atoms with Crippen LogP contribution in [0.5, 0.6) is 0 Å². The highest BCUT2D eigenvalue weighted by Crippen LogP contribution is 2.33. The Kier molecular flexibility index (Phi) is 4.93. The number of anilines is 2. The standard InChI is InChI=1S/C20H25N3O2/c1-20(2,3)25-19(24)23-13-7-10-17(23)15-11-12-18(21-14-15)22-16-8-5-4-6-9-16/h4-6,8-9,11-12,14,17H,7,10,13H2,1-3H3,(H,21,22)/t17-/m0/s1. The largest absolute Gasteiger partial charge is 0.444 e. The van der Waals surface area contributed by atoms with E-state index in [9.17, 15) is 4.79 Å². The van der Waals surface area contributed by atoms with Crippen LogP contribution in [0.2, 0.25) is 0 Å². The minimum atomic E-state index is -0.480. The van der Waals surface area contributed by atoms with Gasteiger partial charge in [0.05, 0.1) is 6.04 Å². The minimum absolute atomic E-state index is 0.0353. The first-order chi connectivity index (χ1) is 11.9. The predicted octanol–water partition coefficient (Wildman–Crippen LogP) is 4.90. The maximum absolute atomic E-state index is 12.4. The number of rotatable bonds is 3. The molecule has 5 heteroatoms. The van der Waals surface area contributed by atoms with Crippen molar-refractivity contribution in [2.75, 3.05) is 11.9 Å². The molecule has 0 spiro atoms. The number of nitrogens with zero attached hydrogens (tertiary/aromatic N) is 2. The average Bonchev–Trinajstić information content (AvgIpc) is 3.05. The van der Waals surface area contributed by atoms with Gasteiger partial charge in [-0.3, -0.25) is 0 Å². The summed E-state index contributed by atoms with van der Waals surface area (Å²) in [5, 5.41) is 3.27. The highest BCUT2D eigenvalue weighted by atomic mass is 16.6. The molecule has 1 aromatic carbocycles. The van der Waals surface area contributed by atoms with Crippen molar-refractivity contribution in [2.24, 2.45) is 0 Å². The zero-order valence-electron chi connectivity index (χ0n) is 15.0. The van der Waals surface area contributed by atoms with Crippen LogP contribution in [0.3, 0.4) is 0 Å². The Hall–Kier alpha value is -2.56. The third kappa shape index (κ3) is 4.50. The minimum Gasteiger partial charge on any atom is -0.444 e. The Labute approximate surface area is 149 Å². The zero-order chi connectivity index (χ0) is 17.9. The van der Waals surface area contributed by atoms with Gasteiger partial charge in [0.15, 0.2) is 0 Å². The molecule has 0 saturated carbocycles. The SMILES string of the molecule is CC(C)(C)OC(=O)N1CCC[C@H]1c1ccc(Nc2ccccc2)nc1. The molecular formula is C20H25N3O2. The summed E-state index contributed by atoms with van der Waals surface area (Å²) in [7, 11) is 0. The van der Waals surface area contributed by atoms with Crippen LogP contribution in [0.4, 0.5) is 16.3 Å². The molecule has 1 saturated heterocycles. The lowest BCUT2D eigenvalue weighted by Gasteiger charge is -2.28. The number of carbonyl (C=O) groups is 1. The lowest BCUT2D eigenvalue weighted by Crippen LogP contribution is -2.36. The number of carbonyl (C=O) groups excluding carboxylic acids is 1. The fourth-order valence-corrected chi connectivity index (χ4v) is 3.00. The summed E-state index contributed by atoms with van der Waals surface area (Å²) >= 11 is 0. The van der Waals surface area contributed by atoms with Gasteiger partial charge in [-0.15, -0.1) is 0 Å².